The minimum Gasteiger partial charge on any atom is -0.399 e. The number of hydrogen-bond acceptors (Lipinski definition) is 4. The van der Waals surface area contributed by atoms with Crippen LogP contribution in [0.1, 0.15) is 19.8 Å². The molecule has 2 fully saturated rings. The molecule has 0 aliphatic carbocycles. The van der Waals surface area contributed by atoms with Crippen molar-refractivity contribution in [3.63, 3.8) is 0 Å². The van der Waals surface area contributed by atoms with Gasteiger partial charge in [-0.1, -0.05) is 6.07 Å². The maximum Gasteiger partial charge on any atom is 0.0706 e. The normalized spacial score (nSPS) is 27.9. The molecule has 2 unspecified atom stereocenters. The lowest BCUT2D eigenvalue weighted by Gasteiger charge is -2.37. The molecule has 2 aliphatic heterocycles. The summed E-state index contributed by atoms with van der Waals surface area (Å²) >= 11 is 0. The van der Waals surface area contributed by atoms with Gasteiger partial charge in [0.2, 0.25) is 0 Å². The van der Waals surface area contributed by atoms with Crippen LogP contribution in [0.3, 0.4) is 0 Å². The number of ether oxygens (including phenoxy) is 1. The number of nitrogen functional groups attached to an aromatic ring is 1. The molecule has 4 nitrogen and oxygen atoms in total. The molecule has 0 saturated carbocycles. The quantitative estimate of drug-likeness (QED) is 0.856. The molecule has 0 aromatic heterocycles. The molecule has 110 valence electrons. The predicted octanol–water partition coefficient (Wildman–Crippen LogP) is 1.96. The Labute approximate surface area is 121 Å². The molecule has 1 aromatic rings. The molecule has 2 N–H and O–H groups in total. The van der Waals surface area contributed by atoms with Crippen LogP contribution in [-0.4, -0.2) is 49.8 Å². The number of hydrogen-bond donors (Lipinski definition) is 1. The fourth-order valence-electron chi connectivity index (χ4n) is 3.22. The molecule has 2 saturated heterocycles. The number of rotatable bonds is 3. The Bertz CT molecular complexity index is 443. The van der Waals surface area contributed by atoms with Crippen molar-refractivity contribution in [2.24, 2.45) is 0 Å². The zero-order valence-electron chi connectivity index (χ0n) is 12.3. The lowest BCUT2D eigenvalue weighted by Crippen LogP contribution is -2.48. The van der Waals surface area contributed by atoms with E-state index in [4.69, 9.17) is 10.5 Å². The van der Waals surface area contributed by atoms with E-state index in [1.807, 2.05) is 12.1 Å². The monoisotopic (exact) mass is 275 g/mol. The van der Waals surface area contributed by atoms with Crippen LogP contribution in [0.4, 0.5) is 11.4 Å². The Morgan fingerprint density at radius 2 is 2.00 bits per heavy atom. The van der Waals surface area contributed by atoms with Crippen LogP contribution in [0.2, 0.25) is 0 Å². The number of benzene rings is 1. The minimum atomic E-state index is 0.448. The van der Waals surface area contributed by atoms with Crippen molar-refractivity contribution in [2.75, 3.05) is 43.4 Å². The van der Waals surface area contributed by atoms with Crippen LogP contribution in [0.15, 0.2) is 24.3 Å². The molecule has 2 atom stereocenters. The van der Waals surface area contributed by atoms with E-state index in [1.54, 1.807) is 0 Å². The lowest BCUT2D eigenvalue weighted by molar-refractivity contribution is 0.0304. The lowest BCUT2D eigenvalue weighted by atomic mass is 10.2. The van der Waals surface area contributed by atoms with E-state index in [1.165, 1.54) is 18.5 Å². The van der Waals surface area contributed by atoms with Gasteiger partial charge >= 0.3 is 0 Å². The van der Waals surface area contributed by atoms with E-state index < -0.39 is 0 Å². The summed E-state index contributed by atoms with van der Waals surface area (Å²) in [5.74, 6) is 0. The molecule has 20 heavy (non-hydrogen) atoms. The topological polar surface area (TPSA) is 41.7 Å². The highest BCUT2D eigenvalue weighted by atomic mass is 16.5. The second-order valence-electron chi connectivity index (χ2n) is 6.03. The Kier molecular flexibility index (Phi) is 4.13. The van der Waals surface area contributed by atoms with Gasteiger partial charge in [-0.15, -0.1) is 0 Å². The van der Waals surface area contributed by atoms with Crippen molar-refractivity contribution < 1.29 is 4.74 Å². The van der Waals surface area contributed by atoms with Gasteiger partial charge in [-0.2, -0.15) is 0 Å². The fraction of sp³-hybridized carbons (Fsp3) is 0.625. The molecule has 4 heteroatoms. The Balaban J connectivity index is 1.49. The number of piperazine rings is 1. The highest BCUT2D eigenvalue weighted by Crippen LogP contribution is 2.22. The Morgan fingerprint density at radius 3 is 2.65 bits per heavy atom. The van der Waals surface area contributed by atoms with Crippen molar-refractivity contribution in [1.82, 2.24) is 4.90 Å². The molecule has 0 spiro atoms. The van der Waals surface area contributed by atoms with E-state index >= 15 is 0 Å². The van der Waals surface area contributed by atoms with Gasteiger partial charge in [-0.05, 0) is 38.0 Å². The van der Waals surface area contributed by atoms with Crippen LogP contribution in [-0.2, 0) is 4.74 Å². The Morgan fingerprint density at radius 1 is 1.20 bits per heavy atom. The van der Waals surface area contributed by atoms with E-state index in [0.717, 1.165) is 38.4 Å². The van der Waals surface area contributed by atoms with Gasteiger partial charge in [-0.3, -0.25) is 4.90 Å². The van der Waals surface area contributed by atoms with Gasteiger partial charge < -0.3 is 15.4 Å². The van der Waals surface area contributed by atoms with Gasteiger partial charge in [0.15, 0.2) is 0 Å². The van der Waals surface area contributed by atoms with E-state index in [9.17, 15) is 0 Å². The first kappa shape index (κ1) is 13.7. The highest BCUT2D eigenvalue weighted by molar-refractivity contribution is 5.56. The predicted molar refractivity (Wildman–Crippen MR) is 83.1 cm³/mol. The van der Waals surface area contributed by atoms with Gasteiger partial charge in [0.25, 0.3) is 0 Å². The maximum absolute atomic E-state index is 5.92. The van der Waals surface area contributed by atoms with Crippen LogP contribution >= 0.6 is 0 Å². The minimum absolute atomic E-state index is 0.448. The smallest absolute Gasteiger partial charge is 0.0706 e. The van der Waals surface area contributed by atoms with Crippen LogP contribution < -0.4 is 10.6 Å². The maximum atomic E-state index is 5.92. The van der Waals surface area contributed by atoms with Crippen molar-refractivity contribution in [3.05, 3.63) is 24.3 Å². The molecule has 0 bridgehead atoms. The van der Waals surface area contributed by atoms with E-state index in [2.05, 4.69) is 28.9 Å². The first-order valence-corrected chi connectivity index (χ1v) is 7.69. The number of nitrogens with zero attached hydrogens (tertiary/aromatic N) is 2. The summed E-state index contributed by atoms with van der Waals surface area (Å²) in [5.41, 5.74) is 7.95. The van der Waals surface area contributed by atoms with Gasteiger partial charge in [0, 0.05) is 44.1 Å². The number of anilines is 2. The molecule has 3 rings (SSSR count). The van der Waals surface area contributed by atoms with Gasteiger partial charge in [0.1, 0.15) is 0 Å². The zero-order chi connectivity index (χ0) is 13.9. The molecule has 1 aromatic carbocycles. The van der Waals surface area contributed by atoms with Crippen LogP contribution in [0.5, 0.6) is 0 Å². The second kappa shape index (κ2) is 6.02. The summed E-state index contributed by atoms with van der Waals surface area (Å²) in [6.07, 6.45) is 3.34. The van der Waals surface area contributed by atoms with Crippen LogP contribution in [0, 0.1) is 0 Å². The summed E-state index contributed by atoms with van der Waals surface area (Å²) < 4.78 is 5.92. The summed E-state index contributed by atoms with van der Waals surface area (Å²) in [7, 11) is 0. The summed E-state index contributed by atoms with van der Waals surface area (Å²) in [5, 5.41) is 0. The van der Waals surface area contributed by atoms with Crippen molar-refractivity contribution in [1.29, 1.82) is 0 Å². The summed E-state index contributed by atoms with van der Waals surface area (Å²) in [6, 6.07) is 8.19. The van der Waals surface area contributed by atoms with E-state index in [-0.39, 0.29) is 0 Å². The third kappa shape index (κ3) is 3.25. The average Bonchev–Trinajstić information content (AvgIpc) is 2.85. The van der Waals surface area contributed by atoms with Gasteiger partial charge in [-0.25, -0.2) is 0 Å². The Hall–Kier alpha value is -1.26. The largest absolute Gasteiger partial charge is 0.399 e. The van der Waals surface area contributed by atoms with Crippen molar-refractivity contribution >= 4 is 11.4 Å². The second-order valence-corrected chi connectivity index (χ2v) is 6.03. The molecule has 2 heterocycles. The van der Waals surface area contributed by atoms with Crippen LogP contribution in [0.25, 0.3) is 0 Å². The molecule has 0 amide bonds. The first-order valence-electron chi connectivity index (χ1n) is 7.69. The van der Waals surface area contributed by atoms with Crippen molar-refractivity contribution in [2.45, 2.75) is 32.0 Å². The summed E-state index contributed by atoms with van der Waals surface area (Å²) in [4.78, 5) is 4.95. The van der Waals surface area contributed by atoms with Gasteiger partial charge in [0.05, 0.1) is 12.2 Å². The fourth-order valence-corrected chi connectivity index (χ4v) is 3.22. The molecule has 0 radical (unpaired) electrons. The van der Waals surface area contributed by atoms with Crippen molar-refractivity contribution in [3.8, 4) is 0 Å². The van der Waals surface area contributed by atoms with E-state index in [0.29, 0.717) is 12.2 Å². The zero-order valence-corrected chi connectivity index (χ0v) is 12.3. The third-order valence-electron chi connectivity index (χ3n) is 4.39. The first-order chi connectivity index (χ1) is 9.70. The molecular weight excluding hydrogens is 250 g/mol. The highest BCUT2D eigenvalue weighted by Gasteiger charge is 2.25. The third-order valence-corrected chi connectivity index (χ3v) is 4.39. The SMILES string of the molecule is CC1CCC(CN2CCN(c3cccc(N)c3)CC2)O1. The standard InChI is InChI=1S/C16H25N3O/c1-13-5-6-16(20-13)12-18-7-9-19(10-8-18)15-4-2-3-14(17)11-15/h2-4,11,13,16H,5-10,12,17H2,1H3. The summed E-state index contributed by atoms with van der Waals surface area (Å²) in [6.45, 7) is 7.65. The molecule has 2 aliphatic rings. The number of nitrogens with two attached hydrogens (primary N) is 1. The molecular formula is C16H25N3O. The average molecular weight is 275 g/mol.